The summed E-state index contributed by atoms with van der Waals surface area (Å²) in [4.78, 5) is 51.1. The van der Waals surface area contributed by atoms with Gasteiger partial charge in [-0.3, -0.25) is 19.2 Å². The van der Waals surface area contributed by atoms with Crippen LogP contribution in [0.25, 0.3) is 0 Å². The van der Waals surface area contributed by atoms with Gasteiger partial charge in [0.05, 0.1) is 5.41 Å². The van der Waals surface area contributed by atoms with Gasteiger partial charge in [-0.05, 0) is 96.9 Å². The normalized spacial score (nSPS) is 44.0. The molecule has 40 heavy (non-hydrogen) atoms. The van der Waals surface area contributed by atoms with E-state index in [1.807, 2.05) is 13.8 Å². The molecule has 0 heterocycles. The Kier molecular flexibility index (Phi) is 6.83. The summed E-state index contributed by atoms with van der Waals surface area (Å²) in [5, 5.41) is 0. The van der Waals surface area contributed by atoms with Gasteiger partial charge in [0.2, 0.25) is 11.6 Å². The number of Topliss-reactive ketones (excluding diaryl/α,β-unsaturated/α-hetero) is 2. The van der Waals surface area contributed by atoms with Crippen LogP contribution in [0.3, 0.4) is 0 Å². The molecule has 222 valence electrons. The number of ketones is 2. The highest BCUT2D eigenvalue weighted by Crippen LogP contribution is 2.76. The van der Waals surface area contributed by atoms with E-state index in [2.05, 4.69) is 34.6 Å². The number of allylic oxidation sites excluding steroid dienone is 1. The molecule has 4 fully saturated rings. The largest absolute Gasteiger partial charge is 0.464 e. The third-order valence-corrected chi connectivity index (χ3v) is 13.3. The molecule has 0 spiro atoms. The Morgan fingerprint density at radius 3 is 2.10 bits per heavy atom. The molecule has 0 unspecified atom stereocenters. The van der Waals surface area contributed by atoms with E-state index in [1.54, 1.807) is 0 Å². The van der Waals surface area contributed by atoms with Gasteiger partial charge < -0.3 is 9.47 Å². The van der Waals surface area contributed by atoms with Gasteiger partial charge in [0.25, 0.3) is 0 Å². The minimum atomic E-state index is -0.999. The maximum absolute atomic E-state index is 13.7. The van der Waals surface area contributed by atoms with Crippen LogP contribution in [0.15, 0.2) is 11.1 Å². The molecule has 5 rings (SSSR count). The number of fused-ring (bicyclic) bond motifs is 7. The predicted molar refractivity (Wildman–Crippen MR) is 152 cm³/mol. The van der Waals surface area contributed by atoms with E-state index in [1.165, 1.54) is 13.8 Å². The molecule has 6 heteroatoms. The summed E-state index contributed by atoms with van der Waals surface area (Å²) >= 11 is 0. The standard InChI is InChI=1S/C34H50O6/c1-19(2)26-27-22-10-11-24-31(7)14-13-25(40-21(4)36)30(5,6)23(31)12-15-33(24,9)32(22,8)16-17-34(27,18-39-20(3)35)29(38)28(26)37/h19,22-25H,10-18H2,1-9H3/t22-,23+,24-,25+,31+,32-,33-,34+/m1/s1. The summed E-state index contributed by atoms with van der Waals surface area (Å²) in [6.45, 7) is 19.0. The molecule has 0 bridgehead atoms. The van der Waals surface area contributed by atoms with Crippen LogP contribution in [0.4, 0.5) is 0 Å². The van der Waals surface area contributed by atoms with Crippen molar-refractivity contribution in [3.63, 3.8) is 0 Å². The third-order valence-electron chi connectivity index (χ3n) is 13.3. The van der Waals surface area contributed by atoms with E-state index in [9.17, 15) is 19.2 Å². The van der Waals surface area contributed by atoms with Crippen LogP contribution in [0.5, 0.6) is 0 Å². The average molecular weight is 555 g/mol. The Morgan fingerprint density at radius 2 is 1.50 bits per heavy atom. The molecule has 5 aliphatic carbocycles. The molecule has 0 saturated heterocycles. The molecule has 0 aromatic rings. The van der Waals surface area contributed by atoms with Crippen LogP contribution >= 0.6 is 0 Å². The summed E-state index contributed by atoms with van der Waals surface area (Å²) in [5.41, 5.74) is 0.715. The van der Waals surface area contributed by atoms with Crippen molar-refractivity contribution in [3.8, 4) is 0 Å². The van der Waals surface area contributed by atoms with Gasteiger partial charge in [-0.15, -0.1) is 0 Å². The molecule has 0 aromatic heterocycles. The Balaban J connectivity index is 1.57. The lowest BCUT2D eigenvalue weighted by atomic mass is 9.33. The lowest BCUT2D eigenvalue weighted by molar-refractivity contribution is -0.233. The number of carbonyl (C=O) groups is 4. The Morgan fingerprint density at radius 1 is 0.825 bits per heavy atom. The molecule has 0 aromatic carbocycles. The van der Waals surface area contributed by atoms with E-state index >= 15 is 0 Å². The first-order chi connectivity index (χ1) is 18.5. The zero-order valence-electron chi connectivity index (χ0n) is 26.2. The zero-order valence-corrected chi connectivity index (χ0v) is 26.2. The highest BCUT2D eigenvalue weighted by atomic mass is 16.5. The van der Waals surface area contributed by atoms with Gasteiger partial charge in [0.15, 0.2) is 0 Å². The number of ether oxygens (including phenoxy) is 2. The molecular weight excluding hydrogens is 504 g/mol. The van der Waals surface area contributed by atoms with Crippen LogP contribution < -0.4 is 0 Å². The molecule has 6 nitrogen and oxygen atoms in total. The SMILES string of the molecule is CC(=O)OC[C@@]12CC[C@]3(C)[C@H](CC[C@@H]4[C@@]5(C)CC[C@H](OC(C)=O)C(C)(C)[C@@H]5CC[C@]43C)C1=C(C(C)C)C(=O)C2=O. The number of hydrogen-bond acceptors (Lipinski definition) is 6. The smallest absolute Gasteiger partial charge is 0.302 e. The molecular formula is C34H50O6. The maximum Gasteiger partial charge on any atom is 0.302 e. The number of carbonyl (C=O) groups excluding carboxylic acids is 4. The van der Waals surface area contributed by atoms with Crippen molar-refractivity contribution in [2.45, 2.75) is 120 Å². The number of esters is 2. The van der Waals surface area contributed by atoms with Crippen molar-refractivity contribution >= 4 is 23.5 Å². The lowest BCUT2D eigenvalue weighted by Gasteiger charge is -2.72. The first-order valence-electron chi connectivity index (χ1n) is 15.6. The fraction of sp³-hybridized carbons (Fsp3) is 0.824. The molecule has 8 atom stereocenters. The third kappa shape index (κ3) is 3.72. The molecule has 4 saturated carbocycles. The second kappa shape index (κ2) is 9.26. The van der Waals surface area contributed by atoms with Gasteiger partial charge in [-0.25, -0.2) is 0 Å². The summed E-state index contributed by atoms with van der Waals surface area (Å²) in [6, 6.07) is 0. The summed E-state index contributed by atoms with van der Waals surface area (Å²) in [5.74, 6) is -0.269. The van der Waals surface area contributed by atoms with E-state index in [0.29, 0.717) is 23.8 Å². The van der Waals surface area contributed by atoms with Gasteiger partial charge >= 0.3 is 11.9 Å². The summed E-state index contributed by atoms with van der Waals surface area (Å²) < 4.78 is 11.4. The van der Waals surface area contributed by atoms with Gasteiger partial charge in [0, 0.05) is 24.8 Å². The average Bonchev–Trinajstić information content (AvgIpc) is 3.07. The predicted octanol–water partition coefficient (Wildman–Crippen LogP) is 6.64. The van der Waals surface area contributed by atoms with Crippen LogP contribution in [-0.4, -0.2) is 36.2 Å². The Hall–Kier alpha value is -1.98. The Bertz CT molecular complexity index is 1180. The minimum Gasteiger partial charge on any atom is -0.464 e. The molecule has 0 radical (unpaired) electrons. The zero-order chi connectivity index (χ0) is 29.6. The van der Waals surface area contributed by atoms with Crippen molar-refractivity contribution in [2.24, 2.45) is 50.7 Å². The fourth-order valence-corrected chi connectivity index (χ4v) is 11.3. The van der Waals surface area contributed by atoms with Crippen molar-refractivity contribution in [2.75, 3.05) is 6.61 Å². The van der Waals surface area contributed by atoms with E-state index in [0.717, 1.165) is 50.5 Å². The topological polar surface area (TPSA) is 86.7 Å². The second-order valence-corrected chi connectivity index (χ2v) is 15.6. The van der Waals surface area contributed by atoms with Crippen LogP contribution in [0, 0.1) is 50.7 Å². The lowest BCUT2D eigenvalue weighted by Crippen LogP contribution is -2.66. The van der Waals surface area contributed by atoms with Gasteiger partial charge in [0.1, 0.15) is 12.7 Å². The molecule has 0 N–H and O–H groups in total. The molecule has 5 aliphatic rings. The number of hydrogen-bond donors (Lipinski definition) is 0. The van der Waals surface area contributed by atoms with Crippen molar-refractivity contribution < 1.29 is 28.7 Å². The van der Waals surface area contributed by atoms with E-state index < -0.39 is 11.4 Å². The van der Waals surface area contributed by atoms with E-state index in [-0.39, 0.29) is 63.7 Å². The van der Waals surface area contributed by atoms with E-state index in [4.69, 9.17) is 9.47 Å². The van der Waals surface area contributed by atoms with Crippen LogP contribution in [-0.2, 0) is 28.7 Å². The second-order valence-electron chi connectivity index (χ2n) is 15.6. The first-order valence-corrected chi connectivity index (χ1v) is 15.6. The van der Waals surface area contributed by atoms with Crippen molar-refractivity contribution in [1.29, 1.82) is 0 Å². The number of rotatable bonds is 4. The molecule has 0 aliphatic heterocycles. The van der Waals surface area contributed by atoms with Crippen molar-refractivity contribution in [1.82, 2.24) is 0 Å². The summed E-state index contributed by atoms with van der Waals surface area (Å²) in [6.07, 6.45) is 7.47. The van der Waals surface area contributed by atoms with Crippen LogP contribution in [0.2, 0.25) is 0 Å². The fourth-order valence-electron chi connectivity index (χ4n) is 11.3. The Labute approximate surface area is 240 Å². The van der Waals surface area contributed by atoms with Crippen molar-refractivity contribution in [3.05, 3.63) is 11.1 Å². The monoisotopic (exact) mass is 554 g/mol. The highest BCUT2D eigenvalue weighted by molar-refractivity contribution is 6.49. The summed E-state index contributed by atoms with van der Waals surface area (Å²) in [7, 11) is 0. The maximum atomic E-state index is 13.7. The van der Waals surface area contributed by atoms with Gasteiger partial charge in [-0.1, -0.05) is 48.5 Å². The highest BCUT2D eigenvalue weighted by Gasteiger charge is 2.71. The van der Waals surface area contributed by atoms with Crippen LogP contribution in [0.1, 0.15) is 114 Å². The minimum absolute atomic E-state index is 0.0172. The molecule has 0 amide bonds. The first kappa shape index (κ1) is 29.5. The quantitative estimate of drug-likeness (QED) is 0.286. The van der Waals surface area contributed by atoms with Gasteiger partial charge in [-0.2, -0.15) is 0 Å².